The van der Waals surface area contributed by atoms with Crippen LogP contribution >= 0.6 is 59.0 Å². The maximum atomic E-state index is 12.6. The molecule has 0 aromatic carbocycles. The molecular formula is C14H24N4O6P2S4. The maximum Gasteiger partial charge on any atom is 0.396 e. The van der Waals surface area contributed by atoms with Crippen LogP contribution in [0.4, 0.5) is 0 Å². The highest BCUT2D eigenvalue weighted by atomic mass is 32.7. The van der Waals surface area contributed by atoms with Crippen molar-refractivity contribution in [2.45, 2.75) is 49.2 Å². The van der Waals surface area contributed by atoms with Gasteiger partial charge in [0, 0.05) is 35.6 Å². The Kier molecular flexibility index (Phi) is 11.4. The van der Waals surface area contributed by atoms with Gasteiger partial charge in [0.1, 0.15) is 10.0 Å². The van der Waals surface area contributed by atoms with Crippen molar-refractivity contribution in [3.63, 3.8) is 0 Å². The monoisotopic (exact) mass is 534 g/mol. The lowest BCUT2D eigenvalue weighted by molar-refractivity contribution is 0.236. The van der Waals surface area contributed by atoms with Gasteiger partial charge in [-0.05, 0) is 27.7 Å². The van der Waals surface area contributed by atoms with Gasteiger partial charge in [-0.1, -0.05) is 22.7 Å². The highest BCUT2D eigenvalue weighted by molar-refractivity contribution is 8.56. The summed E-state index contributed by atoms with van der Waals surface area (Å²) >= 11 is 4.61. The van der Waals surface area contributed by atoms with Crippen LogP contribution in [0, 0.1) is 0 Å². The Bertz CT molecular complexity index is 792. The van der Waals surface area contributed by atoms with Crippen LogP contribution in [0.25, 0.3) is 0 Å². The normalized spacial score (nSPS) is 12.5. The van der Waals surface area contributed by atoms with Crippen molar-refractivity contribution in [3.8, 4) is 0 Å². The summed E-state index contributed by atoms with van der Waals surface area (Å²) in [5, 5.41) is 17.9. The number of nitrogens with zero attached hydrogens (tertiary/aromatic N) is 4. The average molecular weight is 535 g/mol. The molecule has 0 saturated heterocycles. The van der Waals surface area contributed by atoms with Gasteiger partial charge >= 0.3 is 13.6 Å². The van der Waals surface area contributed by atoms with Crippen molar-refractivity contribution >= 4 is 59.0 Å². The second kappa shape index (κ2) is 13.0. The fourth-order valence-electron chi connectivity index (χ4n) is 1.97. The molecule has 0 saturated carbocycles. The Hall–Kier alpha value is 0.120. The Balaban J connectivity index is 1.93. The van der Waals surface area contributed by atoms with E-state index in [-0.39, 0.29) is 26.4 Å². The molecule has 10 nitrogen and oxygen atoms in total. The van der Waals surface area contributed by atoms with Gasteiger partial charge in [-0.2, -0.15) is 0 Å². The zero-order chi connectivity index (χ0) is 22.0. The molecule has 2 aromatic rings. The first kappa shape index (κ1) is 26.4. The van der Waals surface area contributed by atoms with E-state index in [0.717, 1.165) is 32.8 Å². The largest absolute Gasteiger partial charge is 0.396 e. The maximum absolute atomic E-state index is 12.6. The summed E-state index contributed by atoms with van der Waals surface area (Å²) in [4.78, 5) is 0. The molecule has 2 aromatic heterocycles. The summed E-state index contributed by atoms with van der Waals surface area (Å²) in [7, 11) is 0. The summed E-state index contributed by atoms with van der Waals surface area (Å²) < 4.78 is 47.3. The van der Waals surface area contributed by atoms with Crippen LogP contribution in [0.1, 0.15) is 37.7 Å². The van der Waals surface area contributed by atoms with Crippen molar-refractivity contribution in [3.05, 3.63) is 10.0 Å². The van der Waals surface area contributed by atoms with Gasteiger partial charge in [0.2, 0.25) is 0 Å². The van der Waals surface area contributed by atoms with Crippen LogP contribution in [0.15, 0.2) is 8.68 Å². The van der Waals surface area contributed by atoms with E-state index in [4.69, 9.17) is 18.1 Å². The van der Waals surface area contributed by atoms with E-state index in [2.05, 4.69) is 20.4 Å². The first-order valence-electron chi connectivity index (χ1n) is 9.17. The highest BCUT2D eigenvalue weighted by Crippen LogP contribution is 2.64. The zero-order valence-corrected chi connectivity index (χ0v) is 22.1. The average Bonchev–Trinajstić information content (AvgIpc) is 3.29. The Morgan fingerprint density at radius 1 is 0.667 bits per heavy atom. The lowest BCUT2D eigenvalue weighted by Gasteiger charge is -2.13. The first-order valence-corrected chi connectivity index (χ1v) is 16.7. The molecule has 0 aliphatic heterocycles. The number of aryl methyl sites for hydroxylation is 2. The van der Waals surface area contributed by atoms with Gasteiger partial charge < -0.3 is 18.1 Å². The molecule has 2 rings (SSSR count). The topological polar surface area (TPSA) is 123 Å². The summed E-state index contributed by atoms with van der Waals surface area (Å²) in [6.45, 7) is 1.61. The summed E-state index contributed by atoms with van der Waals surface area (Å²) in [6.07, 6.45) is 1.19. The molecule has 170 valence electrons. The number of hydrogen-bond donors (Lipinski definition) is 0. The van der Waals surface area contributed by atoms with Gasteiger partial charge in [0.05, 0.1) is 26.4 Å². The summed E-state index contributed by atoms with van der Waals surface area (Å²) in [6, 6.07) is 0. The molecule has 0 aliphatic carbocycles. The minimum Gasteiger partial charge on any atom is -0.301 e. The second-order valence-electron chi connectivity index (χ2n) is 5.17. The van der Waals surface area contributed by atoms with Gasteiger partial charge in [0.15, 0.2) is 8.68 Å². The lowest BCUT2D eigenvalue weighted by Crippen LogP contribution is -1.92. The van der Waals surface area contributed by atoms with E-state index in [9.17, 15) is 9.13 Å². The molecule has 0 unspecified atom stereocenters. The molecule has 2 heterocycles. The molecule has 0 N–H and O–H groups in total. The van der Waals surface area contributed by atoms with Crippen LogP contribution in [-0.4, -0.2) is 46.8 Å². The first-order chi connectivity index (χ1) is 14.3. The summed E-state index contributed by atoms with van der Waals surface area (Å²) in [5.41, 5.74) is 0. The zero-order valence-electron chi connectivity index (χ0n) is 17.0. The molecule has 0 fully saturated rings. The van der Waals surface area contributed by atoms with Gasteiger partial charge in [-0.3, -0.25) is 0 Å². The highest BCUT2D eigenvalue weighted by Gasteiger charge is 2.29. The Labute approximate surface area is 191 Å². The third-order valence-corrected chi connectivity index (χ3v) is 13.1. The van der Waals surface area contributed by atoms with Gasteiger partial charge in [0.25, 0.3) is 0 Å². The molecule has 16 heteroatoms. The van der Waals surface area contributed by atoms with E-state index < -0.39 is 13.6 Å². The van der Waals surface area contributed by atoms with Crippen molar-refractivity contribution in [2.75, 3.05) is 26.4 Å². The van der Waals surface area contributed by atoms with E-state index in [1.165, 1.54) is 22.7 Å². The quantitative estimate of drug-likeness (QED) is 0.260. The van der Waals surface area contributed by atoms with Crippen molar-refractivity contribution in [2.24, 2.45) is 0 Å². The smallest absolute Gasteiger partial charge is 0.301 e. The third-order valence-electron chi connectivity index (χ3n) is 2.98. The minimum atomic E-state index is -3.28. The minimum absolute atomic E-state index is 0.285. The molecule has 0 atom stereocenters. The SMILES string of the molecule is CCOP(=O)(OCC)Sc1nnc(CCc2nnc(SP(=O)(OCC)OCC)s2)s1. The third kappa shape index (κ3) is 8.57. The van der Waals surface area contributed by atoms with Crippen LogP contribution in [0.3, 0.4) is 0 Å². The van der Waals surface area contributed by atoms with E-state index in [1.54, 1.807) is 27.7 Å². The second-order valence-corrected chi connectivity index (χ2v) is 15.6. The number of hydrogen-bond acceptors (Lipinski definition) is 14. The fourth-order valence-corrected chi connectivity index (χ4v) is 11.7. The van der Waals surface area contributed by atoms with E-state index in [0.29, 0.717) is 21.5 Å². The van der Waals surface area contributed by atoms with Crippen molar-refractivity contribution in [1.82, 2.24) is 20.4 Å². The number of aromatic nitrogens is 4. The van der Waals surface area contributed by atoms with Gasteiger partial charge in [-0.25, -0.2) is 9.13 Å². The molecule has 0 spiro atoms. The van der Waals surface area contributed by atoms with Crippen LogP contribution < -0.4 is 0 Å². The van der Waals surface area contributed by atoms with Gasteiger partial charge in [-0.15, -0.1) is 20.4 Å². The molecule has 0 aliphatic rings. The van der Waals surface area contributed by atoms with Crippen LogP contribution in [-0.2, 0) is 40.1 Å². The standard InChI is InChI=1S/C14H24N4O6P2S4/c1-5-21-25(19,22-6-2)29-13-17-15-11(27-13)9-10-12-16-18-14(28-12)30-26(20,23-7-3)24-8-4/h5-10H2,1-4H3. The fraction of sp³-hybridized carbons (Fsp3) is 0.714. The van der Waals surface area contributed by atoms with E-state index in [1.807, 2.05) is 0 Å². The Morgan fingerprint density at radius 2 is 1.00 bits per heavy atom. The molecule has 0 bridgehead atoms. The number of rotatable bonds is 15. The molecule has 0 amide bonds. The molecule has 30 heavy (non-hydrogen) atoms. The van der Waals surface area contributed by atoms with Crippen molar-refractivity contribution in [1.29, 1.82) is 0 Å². The Morgan fingerprint density at radius 3 is 1.30 bits per heavy atom. The predicted molar refractivity (Wildman–Crippen MR) is 121 cm³/mol. The van der Waals surface area contributed by atoms with Crippen LogP contribution in [0.5, 0.6) is 0 Å². The molecular weight excluding hydrogens is 510 g/mol. The van der Waals surface area contributed by atoms with Crippen molar-refractivity contribution < 1.29 is 27.2 Å². The summed E-state index contributed by atoms with van der Waals surface area (Å²) in [5.74, 6) is 0. The van der Waals surface area contributed by atoms with Crippen LogP contribution in [0.2, 0.25) is 0 Å². The van der Waals surface area contributed by atoms with E-state index >= 15 is 0 Å². The molecule has 0 radical (unpaired) electrons. The predicted octanol–water partition coefficient (Wildman–Crippen LogP) is 5.72. The lowest BCUT2D eigenvalue weighted by atomic mass is 10.3.